The number of fused-ring (bicyclic) bond motifs is 6. The summed E-state index contributed by atoms with van der Waals surface area (Å²) in [5, 5.41) is 5.36. The molecule has 27 heavy (non-hydrogen) atoms. The summed E-state index contributed by atoms with van der Waals surface area (Å²) in [5.74, 6) is 0. The molecule has 0 atom stereocenters. The van der Waals surface area contributed by atoms with Crippen molar-refractivity contribution in [1.82, 2.24) is 15.0 Å². The molecule has 6 aromatic rings. The predicted molar refractivity (Wildman–Crippen MR) is 108 cm³/mol. The summed E-state index contributed by atoms with van der Waals surface area (Å²) in [6.07, 6.45) is 3.38. The van der Waals surface area contributed by atoms with Crippen LogP contribution in [0.15, 0.2) is 83.7 Å². The normalized spacial score (nSPS) is 11.7. The lowest BCUT2D eigenvalue weighted by Gasteiger charge is -2.08. The number of benzene rings is 3. The van der Waals surface area contributed by atoms with Gasteiger partial charge in [-0.15, -0.1) is 0 Å². The minimum Gasteiger partial charge on any atom is -0.437 e. The van der Waals surface area contributed by atoms with Crippen LogP contribution in [0, 0.1) is 0 Å². The quantitative estimate of drug-likeness (QED) is 0.356. The molecule has 0 amide bonds. The fourth-order valence-electron chi connectivity index (χ4n) is 3.83. The molecule has 0 saturated carbocycles. The largest absolute Gasteiger partial charge is 0.437 e. The molecule has 0 saturated heterocycles. The van der Waals surface area contributed by atoms with Crippen molar-refractivity contribution >= 4 is 43.7 Å². The fourth-order valence-corrected chi connectivity index (χ4v) is 3.83. The maximum Gasteiger partial charge on any atom is 0.227 e. The average molecular weight is 347 g/mol. The number of hydrogen-bond acceptors (Lipinski definition) is 4. The van der Waals surface area contributed by atoms with Crippen LogP contribution in [0.4, 0.5) is 0 Å². The van der Waals surface area contributed by atoms with E-state index >= 15 is 0 Å². The van der Waals surface area contributed by atoms with Gasteiger partial charge in [-0.05, 0) is 29.7 Å². The van der Waals surface area contributed by atoms with Gasteiger partial charge in [-0.25, -0.2) is 15.0 Å². The number of nitrogens with zero attached hydrogens (tertiary/aromatic N) is 3. The Labute approximate surface area is 154 Å². The van der Waals surface area contributed by atoms with Gasteiger partial charge in [-0.2, -0.15) is 0 Å². The van der Waals surface area contributed by atoms with Crippen LogP contribution >= 0.6 is 0 Å². The van der Waals surface area contributed by atoms with Crippen LogP contribution < -0.4 is 0 Å². The second-order valence-corrected chi connectivity index (χ2v) is 6.55. The number of rotatable bonds is 1. The first-order valence-corrected chi connectivity index (χ1v) is 8.79. The highest BCUT2D eigenvalue weighted by molar-refractivity contribution is 6.13. The Balaban J connectivity index is 1.74. The van der Waals surface area contributed by atoms with Crippen LogP contribution in [0.5, 0.6) is 0 Å². The van der Waals surface area contributed by atoms with E-state index in [1.54, 1.807) is 12.5 Å². The zero-order valence-corrected chi connectivity index (χ0v) is 14.3. The smallest absolute Gasteiger partial charge is 0.227 e. The average Bonchev–Trinajstić information content (AvgIpc) is 3.12. The Bertz CT molecular complexity index is 1480. The lowest BCUT2D eigenvalue weighted by Crippen LogP contribution is -1.90. The molecule has 0 unspecified atom stereocenters. The van der Waals surface area contributed by atoms with Gasteiger partial charge in [0.05, 0.1) is 11.2 Å². The van der Waals surface area contributed by atoms with Crippen LogP contribution in [-0.4, -0.2) is 15.0 Å². The topological polar surface area (TPSA) is 51.8 Å². The van der Waals surface area contributed by atoms with Crippen molar-refractivity contribution in [3.05, 3.63) is 79.3 Å². The van der Waals surface area contributed by atoms with Crippen LogP contribution in [-0.2, 0) is 0 Å². The zero-order chi connectivity index (χ0) is 17.8. The van der Waals surface area contributed by atoms with Crippen molar-refractivity contribution < 1.29 is 4.42 Å². The molecule has 0 aliphatic carbocycles. The highest BCUT2D eigenvalue weighted by Crippen LogP contribution is 2.37. The SMILES string of the molecule is c1ccc2c(c1)ccc1c(-c3cccc4c3oc3ncccc34)ncnc12. The predicted octanol–water partition coefficient (Wildman–Crippen LogP) is 5.74. The van der Waals surface area contributed by atoms with Crippen molar-refractivity contribution in [2.24, 2.45) is 0 Å². The number of pyridine rings is 1. The molecule has 3 heterocycles. The molecule has 0 radical (unpaired) electrons. The zero-order valence-electron chi connectivity index (χ0n) is 14.3. The van der Waals surface area contributed by atoms with E-state index in [0.29, 0.717) is 5.71 Å². The van der Waals surface area contributed by atoms with E-state index in [9.17, 15) is 0 Å². The maximum atomic E-state index is 6.10. The van der Waals surface area contributed by atoms with Gasteiger partial charge in [0.25, 0.3) is 0 Å². The van der Waals surface area contributed by atoms with Crippen LogP contribution in [0.3, 0.4) is 0 Å². The summed E-state index contributed by atoms with van der Waals surface area (Å²) in [6, 6.07) is 22.6. The lowest BCUT2D eigenvalue weighted by molar-refractivity contribution is 0.655. The van der Waals surface area contributed by atoms with Gasteiger partial charge in [0.2, 0.25) is 5.71 Å². The van der Waals surface area contributed by atoms with Crippen LogP contribution in [0.25, 0.3) is 55.0 Å². The third-order valence-corrected chi connectivity index (χ3v) is 5.06. The molecule has 126 valence electrons. The Morgan fingerprint density at radius 2 is 1.52 bits per heavy atom. The maximum absolute atomic E-state index is 6.10. The van der Waals surface area contributed by atoms with Crippen molar-refractivity contribution in [3.63, 3.8) is 0 Å². The van der Waals surface area contributed by atoms with Gasteiger partial charge in [-0.1, -0.05) is 42.5 Å². The number of hydrogen-bond donors (Lipinski definition) is 0. The molecule has 0 bridgehead atoms. The molecule has 6 rings (SSSR count). The number of aromatic nitrogens is 3. The second kappa shape index (κ2) is 5.35. The van der Waals surface area contributed by atoms with Crippen molar-refractivity contribution in [2.75, 3.05) is 0 Å². The highest BCUT2D eigenvalue weighted by atomic mass is 16.3. The number of para-hydroxylation sites is 1. The van der Waals surface area contributed by atoms with Gasteiger partial charge in [0.15, 0.2) is 0 Å². The Morgan fingerprint density at radius 1 is 0.630 bits per heavy atom. The van der Waals surface area contributed by atoms with Gasteiger partial charge in [0.1, 0.15) is 11.9 Å². The first-order valence-electron chi connectivity index (χ1n) is 8.79. The Morgan fingerprint density at radius 3 is 2.52 bits per heavy atom. The van der Waals surface area contributed by atoms with E-state index in [2.05, 4.69) is 45.3 Å². The molecule has 0 spiro atoms. The van der Waals surface area contributed by atoms with Crippen LogP contribution in [0.1, 0.15) is 0 Å². The minimum atomic E-state index is 0.642. The summed E-state index contributed by atoms with van der Waals surface area (Å²) in [7, 11) is 0. The molecule has 3 aromatic heterocycles. The molecular weight excluding hydrogens is 334 g/mol. The highest BCUT2D eigenvalue weighted by Gasteiger charge is 2.16. The molecule has 0 fully saturated rings. The van der Waals surface area contributed by atoms with Gasteiger partial charge in [0, 0.05) is 33.3 Å². The lowest BCUT2D eigenvalue weighted by atomic mass is 10.0. The molecule has 3 aromatic carbocycles. The standard InChI is InChI=1S/C23H13N3O/c1-2-6-15-14(5-1)10-11-18-20(15)25-13-26-21(18)19-8-3-7-16-17-9-4-12-24-23(17)27-22(16)19/h1-13H. The summed E-state index contributed by atoms with van der Waals surface area (Å²) in [4.78, 5) is 13.5. The molecule has 0 aliphatic heterocycles. The summed E-state index contributed by atoms with van der Waals surface area (Å²) in [6.45, 7) is 0. The van der Waals surface area contributed by atoms with E-state index < -0.39 is 0 Å². The van der Waals surface area contributed by atoms with Gasteiger partial charge < -0.3 is 4.42 Å². The van der Waals surface area contributed by atoms with Crippen LogP contribution in [0.2, 0.25) is 0 Å². The molecular formula is C23H13N3O. The molecule has 4 nitrogen and oxygen atoms in total. The van der Waals surface area contributed by atoms with E-state index in [0.717, 1.165) is 43.9 Å². The summed E-state index contributed by atoms with van der Waals surface area (Å²) < 4.78 is 6.10. The summed E-state index contributed by atoms with van der Waals surface area (Å²) >= 11 is 0. The van der Waals surface area contributed by atoms with E-state index in [1.807, 2.05) is 36.4 Å². The van der Waals surface area contributed by atoms with Crippen molar-refractivity contribution in [3.8, 4) is 11.3 Å². The fraction of sp³-hybridized carbons (Fsp3) is 0. The van der Waals surface area contributed by atoms with E-state index in [-0.39, 0.29) is 0 Å². The van der Waals surface area contributed by atoms with Crippen molar-refractivity contribution in [2.45, 2.75) is 0 Å². The monoisotopic (exact) mass is 347 g/mol. The Kier molecular flexibility index (Phi) is 2.85. The molecule has 0 aliphatic rings. The summed E-state index contributed by atoms with van der Waals surface area (Å²) in [5.41, 5.74) is 4.22. The molecule has 0 N–H and O–H groups in total. The van der Waals surface area contributed by atoms with Gasteiger partial charge >= 0.3 is 0 Å². The molecule has 4 heteroatoms. The third-order valence-electron chi connectivity index (χ3n) is 5.06. The first kappa shape index (κ1) is 14.4. The first-order chi connectivity index (χ1) is 13.4. The Hall–Kier alpha value is -3.79. The van der Waals surface area contributed by atoms with E-state index in [1.165, 1.54) is 5.39 Å². The second-order valence-electron chi connectivity index (χ2n) is 6.55. The van der Waals surface area contributed by atoms with E-state index in [4.69, 9.17) is 4.42 Å². The minimum absolute atomic E-state index is 0.642. The number of furan rings is 1. The van der Waals surface area contributed by atoms with Gasteiger partial charge in [-0.3, -0.25) is 0 Å². The van der Waals surface area contributed by atoms with Crippen molar-refractivity contribution in [1.29, 1.82) is 0 Å². The third kappa shape index (κ3) is 2.01.